The first-order chi connectivity index (χ1) is 20.8. The first-order valence-corrected chi connectivity index (χ1v) is 15.1. The zero-order valence-electron chi connectivity index (χ0n) is 25.0. The van der Waals surface area contributed by atoms with Crippen molar-refractivity contribution in [1.82, 2.24) is 0 Å². The van der Waals surface area contributed by atoms with E-state index in [0.717, 1.165) is 16.6 Å². The lowest BCUT2D eigenvalue weighted by atomic mass is 9.76. The second-order valence-corrected chi connectivity index (χ2v) is 12.9. The quantitative estimate of drug-likeness (QED) is 0.159. The molecule has 1 aliphatic heterocycles. The van der Waals surface area contributed by atoms with Crippen LogP contribution in [0, 0.1) is 0 Å². The zero-order chi connectivity index (χ0) is 29.3. The second kappa shape index (κ2) is 9.54. The normalized spacial score (nSPS) is 16.0. The Morgan fingerprint density at radius 2 is 0.814 bits per heavy atom. The summed E-state index contributed by atoms with van der Waals surface area (Å²) in [7, 11) is -0.447. The number of hydrogen-bond donors (Lipinski definition) is 0. The van der Waals surface area contributed by atoms with Crippen LogP contribution in [-0.4, -0.2) is 18.3 Å². The third-order valence-corrected chi connectivity index (χ3v) is 9.64. The van der Waals surface area contributed by atoms with Gasteiger partial charge in [-0.1, -0.05) is 109 Å². The highest BCUT2D eigenvalue weighted by atomic mass is 16.7. The van der Waals surface area contributed by atoms with Crippen molar-refractivity contribution in [3.05, 3.63) is 127 Å². The van der Waals surface area contributed by atoms with Gasteiger partial charge >= 0.3 is 7.12 Å². The number of benzene rings is 7. The predicted molar refractivity (Wildman–Crippen MR) is 183 cm³/mol. The summed E-state index contributed by atoms with van der Waals surface area (Å²) in [5.74, 6) is 0. The fourth-order valence-corrected chi connectivity index (χ4v) is 6.49. The summed E-state index contributed by atoms with van der Waals surface area (Å²) in [6.07, 6.45) is 0. The Morgan fingerprint density at radius 3 is 1.30 bits per heavy atom. The largest absolute Gasteiger partial charge is 0.494 e. The summed E-state index contributed by atoms with van der Waals surface area (Å²) in [4.78, 5) is 0. The molecule has 1 heterocycles. The van der Waals surface area contributed by atoms with Crippen molar-refractivity contribution >= 4 is 55.7 Å². The maximum absolute atomic E-state index is 6.55. The number of hydrogen-bond acceptors (Lipinski definition) is 2. The van der Waals surface area contributed by atoms with Crippen molar-refractivity contribution in [2.45, 2.75) is 38.9 Å². The Morgan fingerprint density at radius 1 is 0.395 bits per heavy atom. The van der Waals surface area contributed by atoms with E-state index in [-0.39, 0.29) is 0 Å². The smallest absolute Gasteiger partial charge is 0.399 e. The molecule has 1 aliphatic rings. The molecule has 43 heavy (non-hydrogen) atoms. The van der Waals surface area contributed by atoms with Gasteiger partial charge in [-0.25, -0.2) is 0 Å². The van der Waals surface area contributed by atoms with E-state index in [2.05, 4.69) is 155 Å². The lowest BCUT2D eigenvalue weighted by molar-refractivity contribution is 0.00578. The average molecular weight is 557 g/mol. The summed E-state index contributed by atoms with van der Waals surface area (Å²) in [6.45, 7) is 8.44. The van der Waals surface area contributed by atoms with Crippen molar-refractivity contribution in [1.29, 1.82) is 0 Å². The maximum Gasteiger partial charge on any atom is 0.494 e. The van der Waals surface area contributed by atoms with Gasteiger partial charge in [0, 0.05) is 0 Å². The molecular formula is C40H33BO2. The Labute approximate surface area is 253 Å². The average Bonchev–Trinajstić information content (AvgIpc) is 3.26. The summed E-state index contributed by atoms with van der Waals surface area (Å²) >= 11 is 0. The van der Waals surface area contributed by atoms with Crippen LogP contribution in [0.4, 0.5) is 0 Å². The van der Waals surface area contributed by atoms with Crippen LogP contribution >= 0.6 is 0 Å². The van der Waals surface area contributed by atoms with Crippen molar-refractivity contribution < 1.29 is 9.31 Å². The highest BCUT2D eigenvalue weighted by Crippen LogP contribution is 2.38. The van der Waals surface area contributed by atoms with Crippen molar-refractivity contribution in [3.8, 4) is 22.3 Å². The van der Waals surface area contributed by atoms with Crippen LogP contribution in [0.1, 0.15) is 27.7 Å². The Bertz CT molecular complexity index is 2060. The van der Waals surface area contributed by atoms with E-state index >= 15 is 0 Å². The predicted octanol–water partition coefficient (Wildman–Crippen LogP) is 9.93. The molecule has 0 aliphatic carbocycles. The molecule has 0 bridgehead atoms. The van der Waals surface area contributed by atoms with E-state index in [0.29, 0.717) is 0 Å². The summed E-state index contributed by atoms with van der Waals surface area (Å²) in [6, 6.07) is 46.5. The summed E-state index contributed by atoms with van der Waals surface area (Å²) in [5, 5.41) is 10.1. The number of fused-ring (bicyclic) bond motifs is 6. The van der Waals surface area contributed by atoms with Gasteiger partial charge in [-0.3, -0.25) is 0 Å². The SMILES string of the molecule is CC1(C)OB(c2cc(-c3ccc4c(ccc5ccccc54)c3)cc(-c3ccc4c(ccc5ccccc54)c3)c2)OC1(C)C. The van der Waals surface area contributed by atoms with Gasteiger partial charge in [-0.2, -0.15) is 0 Å². The molecule has 0 spiro atoms. The molecule has 0 radical (unpaired) electrons. The lowest BCUT2D eigenvalue weighted by Gasteiger charge is -2.32. The standard InChI is InChI=1S/C40H33BO2/c1-39(2)40(3,4)43-41(42-39)34-24-32(28-17-19-37-30(21-28)15-13-26-9-5-7-11-35(26)37)23-33(25-34)29-18-20-38-31(22-29)16-14-27-10-6-8-12-36(27)38/h5-25H,1-4H3. The number of rotatable bonds is 3. The Hall–Kier alpha value is -4.44. The van der Waals surface area contributed by atoms with Crippen LogP contribution in [0.25, 0.3) is 65.3 Å². The molecule has 7 aromatic rings. The molecule has 0 amide bonds. The Balaban J connectivity index is 1.30. The molecule has 3 heteroatoms. The molecule has 7 aromatic carbocycles. The van der Waals surface area contributed by atoms with Crippen molar-refractivity contribution in [3.63, 3.8) is 0 Å². The molecule has 1 saturated heterocycles. The molecule has 1 fully saturated rings. The molecule has 0 saturated carbocycles. The molecule has 0 unspecified atom stereocenters. The second-order valence-electron chi connectivity index (χ2n) is 12.9. The lowest BCUT2D eigenvalue weighted by Crippen LogP contribution is -2.41. The van der Waals surface area contributed by atoms with E-state index < -0.39 is 18.3 Å². The molecule has 208 valence electrons. The third-order valence-electron chi connectivity index (χ3n) is 9.64. The van der Waals surface area contributed by atoms with Crippen LogP contribution in [0.5, 0.6) is 0 Å². The van der Waals surface area contributed by atoms with Gasteiger partial charge in [0.15, 0.2) is 0 Å². The van der Waals surface area contributed by atoms with Crippen LogP contribution in [0.3, 0.4) is 0 Å². The highest BCUT2D eigenvalue weighted by molar-refractivity contribution is 6.62. The maximum atomic E-state index is 6.55. The molecule has 8 rings (SSSR count). The van der Waals surface area contributed by atoms with Gasteiger partial charge in [0.25, 0.3) is 0 Å². The first-order valence-electron chi connectivity index (χ1n) is 15.1. The fourth-order valence-electron chi connectivity index (χ4n) is 6.49. The molecule has 0 atom stereocenters. The van der Waals surface area contributed by atoms with Crippen LogP contribution in [0.15, 0.2) is 127 Å². The Kier molecular flexibility index (Phi) is 5.81. The van der Waals surface area contributed by atoms with Gasteiger partial charge in [0.1, 0.15) is 0 Å². The van der Waals surface area contributed by atoms with Crippen molar-refractivity contribution in [2.24, 2.45) is 0 Å². The minimum atomic E-state index is -0.447. The van der Waals surface area contributed by atoms with Crippen LogP contribution in [-0.2, 0) is 9.31 Å². The van der Waals surface area contributed by atoms with Gasteiger partial charge in [-0.05, 0) is 117 Å². The molecule has 0 aromatic heterocycles. The molecular weight excluding hydrogens is 523 g/mol. The summed E-state index contributed by atoms with van der Waals surface area (Å²) in [5.41, 5.74) is 4.85. The first kappa shape index (κ1) is 26.2. The van der Waals surface area contributed by atoms with E-state index in [1.165, 1.54) is 54.2 Å². The van der Waals surface area contributed by atoms with Crippen molar-refractivity contribution in [2.75, 3.05) is 0 Å². The molecule has 2 nitrogen and oxygen atoms in total. The molecule has 0 N–H and O–H groups in total. The van der Waals surface area contributed by atoms with Crippen LogP contribution in [0.2, 0.25) is 0 Å². The monoisotopic (exact) mass is 556 g/mol. The zero-order valence-corrected chi connectivity index (χ0v) is 25.0. The minimum absolute atomic E-state index is 0.415. The minimum Gasteiger partial charge on any atom is -0.399 e. The topological polar surface area (TPSA) is 18.5 Å². The van der Waals surface area contributed by atoms with Gasteiger partial charge in [-0.15, -0.1) is 0 Å². The van der Waals surface area contributed by atoms with Gasteiger partial charge in [0.2, 0.25) is 0 Å². The van der Waals surface area contributed by atoms with Crippen LogP contribution < -0.4 is 5.46 Å². The highest BCUT2D eigenvalue weighted by Gasteiger charge is 2.51. The van der Waals surface area contributed by atoms with E-state index in [9.17, 15) is 0 Å². The van der Waals surface area contributed by atoms with E-state index in [4.69, 9.17) is 9.31 Å². The third kappa shape index (κ3) is 4.35. The van der Waals surface area contributed by atoms with Gasteiger partial charge < -0.3 is 9.31 Å². The van der Waals surface area contributed by atoms with Gasteiger partial charge in [0.05, 0.1) is 11.2 Å². The summed E-state index contributed by atoms with van der Waals surface area (Å²) < 4.78 is 13.1. The fraction of sp³-hybridized carbons (Fsp3) is 0.150. The van der Waals surface area contributed by atoms with E-state index in [1.807, 2.05) is 0 Å². The van der Waals surface area contributed by atoms with E-state index in [1.54, 1.807) is 0 Å².